The predicted molar refractivity (Wildman–Crippen MR) is 99.6 cm³/mol. The van der Waals surface area contributed by atoms with Gasteiger partial charge in [0, 0.05) is 30.9 Å². The molecule has 1 N–H and O–H groups in total. The van der Waals surface area contributed by atoms with Crippen LogP contribution in [0.5, 0.6) is 0 Å². The maximum absolute atomic E-state index is 13.2. The molecule has 1 amide bonds. The van der Waals surface area contributed by atoms with E-state index < -0.39 is 0 Å². The third kappa shape index (κ3) is 4.80. The first-order chi connectivity index (χ1) is 12.1. The summed E-state index contributed by atoms with van der Waals surface area (Å²) >= 11 is 3.17. The second kappa shape index (κ2) is 8.45. The van der Waals surface area contributed by atoms with E-state index in [9.17, 15) is 9.18 Å². The zero-order valence-electron chi connectivity index (χ0n) is 13.8. The Morgan fingerprint density at radius 1 is 1.16 bits per heavy atom. The van der Waals surface area contributed by atoms with Crippen molar-refractivity contribution < 1.29 is 13.9 Å². The molecule has 0 bridgehead atoms. The van der Waals surface area contributed by atoms with Gasteiger partial charge in [-0.15, -0.1) is 0 Å². The van der Waals surface area contributed by atoms with Crippen LogP contribution in [0, 0.1) is 5.82 Å². The third-order valence-electron chi connectivity index (χ3n) is 4.19. The van der Waals surface area contributed by atoms with Gasteiger partial charge in [-0.1, -0.05) is 6.07 Å². The Hall–Kier alpha value is -1.92. The van der Waals surface area contributed by atoms with E-state index in [4.69, 9.17) is 4.74 Å². The second-order valence-corrected chi connectivity index (χ2v) is 6.75. The van der Waals surface area contributed by atoms with Crippen molar-refractivity contribution >= 4 is 27.5 Å². The Morgan fingerprint density at radius 2 is 1.88 bits per heavy atom. The van der Waals surface area contributed by atoms with Gasteiger partial charge in [-0.2, -0.15) is 0 Å². The number of benzene rings is 2. The highest BCUT2D eigenvalue weighted by Crippen LogP contribution is 2.18. The van der Waals surface area contributed by atoms with E-state index in [1.165, 1.54) is 6.07 Å². The number of morpholine rings is 1. The molecule has 1 aliphatic heterocycles. The number of rotatable bonds is 5. The molecular weight excluding hydrogens is 387 g/mol. The summed E-state index contributed by atoms with van der Waals surface area (Å²) in [5.41, 5.74) is 2.71. The lowest BCUT2D eigenvalue weighted by Gasteiger charge is -2.28. The Morgan fingerprint density at radius 3 is 2.56 bits per heavy atom. The van der Waals surface area contributed by atoms with Crippen LogP contribution in [-0.4, -0.2) is 38.8 Å². The smallest absolute Gasteiger partial charge is 0.251 e. The minimum Gasteiger partial charge on any atom is -0.378 e. The number of ether oxygens (including phenoxy) is 1. The molecule has 1 fully saturated rings. The number of hydrogen-bond acceptors (Lipinski definition) is 3. The molecule has 0 atom stereocenters. The van der Waals surface area contributed by atoms with E-state index in [1.807, 2.05) is 24.3 Å². The first kappa shape index (κ1) is 17.9. The molecule has 0 radical (unpaired) electrons. The quantitative estimate of drug-likeness (QED) is 0.826. The summed E-state index contributed by atoms with van der Waals surface area (Å²) < 4.78 is 19.0. The van der Waals surface area contributed by atoms with Gasteiger partial charge in [-0.05, 0) is 64.3 Å². The van der Waals surface area contributed by atoms with Crippen molar-refractivity contribution in [3.63, 3.8) is 0 Å². The molecule has 1 saturated heterocycles. The van der Waals surface area contributed by atoms with E-state index in [0.29, 0.717) is 23.0 Å². The number of amides is 1. The van der Waals surface area contributed by atoms with Crippen molar-refractivity contribution in [2.75, 3.05) is 37.7 Å². The highest BCUT2D eigenvalue weighted by Gasteiger charge is 2.12. The summed E-state index contributed by atoms with van der Waals surface area (Å²) in [4.78, 5) is 14.5. The number of halogens is 2. The van der Waals surface area contributed by atoms with Crippen LogP contribution in [0.25, 0.3) is 0 Å². The molecule has 3 rings (SSSR count). The summed E-state index contributed by atoms with van der Waals surface area (Å²) in [7, 11) is 0. The number of carbonyl (C=O) groups excluding carboxylic acids is 1. The standard InChI is InChI=1S/C19H20BrFN2O2/c20-17-13-14(1-6-18(17)21)7-8-22-19(24)15-2-4-16(5-3-15)23-9-11-25-12-10-23/h1-6,13H,7-12H2,(H,22,24). The van der Waals surface area contributed by atoms with Crippen molar-refractivity contribution in [1.29, 1.82) is 0 Å². The molecule has 1 aliphatic rings. The fourth-order valence-corrected chi connectivity index (χ4v) is 3.19. The van der Waals surface area contributed by atoms with Crippen LogP contribution in [0.3, 0.4) is 0 Å². The normalized spacial score (nSPS) is 14.4. The minimum absolute atomic E-state index is 0.102. The van der Waals surface area contributed by atoms with Crippen molar-refractivity contribution in [2.45, 2.75) is 6.42 Å². The van der Waals surface area contributed by atoms with Gasteiger partial charge in [-0.3, -0.25) is 4.79 Å². The van der Waals surface area contributed by atoms with E-state index >= 15 is 0 Å². The Balaban J connectivity index is 1.51. The second-order valence-electron chi connectivity index (χ2n) is 5.90. The topological polar surface area (TPSA) is 41.6 Å². The Kier molecular flexibility index (Phi) is 6.04. The first-order valence-corrected chi connectivity index (χ1v) is 9.08. The molecule has 0 unspecified atom stereocenters. The average molecular weight is 407 g/mol. The fraction of sp³-hybridized carbons (Fsp3) is 0.316. The number of carbonyl (C=O) groups is 1. The molecule has 1 heterocycles. The summed E-state index contributed by atoms with van der Waals surface area (Å²) in [6, 6.07) is 12.5. The van der Waals surface area contributed by atoms with Gasteiger partial charge in [0.2, 0.25) is 0 Å². The van der Waals surface area contributed by atoms with Crippen molar-refractivity contribution in [3.05, 3.63) is 63.9 Å². The van der Waals surface area contributed by atoms with Gasteiger partial charge in [0.15, 0.2) is 0 Å². The van der Waals surface area contributed by atoms with E-state index in [0.717, 1.165) is 37.6 Å². The predicted octanol–water partition coefficient (Wildman–Crippen LogP) is 3.40. The zero-order chi connectivity index (χ0) is 17.6. The summed E-state index contributed by atoms with van der Waals surface area (Å²) in [5, 5.41) is 2.90. The summed E-state index contributed by atoms with van der Waals surface area (Å²) in [6.45, 7) is 3.73. The lowest BCUT2D eigenvalue weighted by Crippen LogP contribution is -2.36. The molecule has 0 saturated carbocycles. The van der Waals surface area contributed by atoms with Crippen molar-refractivity contribution in [2.24, 2.45) is 0 Å². The van der Waals surface area contributed by atoms with Gasteiger partial charge in [-0.25, -0.2) is 4.39 Å². The molecule has 6 heteroatoms. The minimum atomic E-state index is -0.284. The van der Waals surface area contributed by atoms with E-state index in [1.54, 1.807) is 12.1 Å². The highest BCUT2D eigenvalue weighted by molar-refractivity contribution is 9.10. The molecule has 25 heavy (non-hydrogen) atoms. The van der Waals surface area contributed by atoms with Crippen LogP contribution >= 0.6 is 15.9 Å². The average Bonchev–Trinajstić information content (AvgIpc) is 2.65. The molecule has 2 aromatic carbocycles. The summed E-state index contributed by atoms with van der Waals surface area (Å²) in [5.74, 6) is -0.386. The number of nitrogens with one attached hydrogen (secondary N) is 1. The van der Waals surface area contributed by atoms with Gasteiger partial charge in [0.25, 0.3) is 5.91 Å². The van der Waals surface area contributed by atoms with E-state index in [2.05, 4.69) is 26.1 Å². The molecule has 0 aromatic heterocycles. The molecule has 2 aromatic rings. The first-order valence-electron chi connectivity index (χ1n) is 8.28. The van der Waals surface area contributed by atoms with Gasteiger partial charge < -0.3 is 15.0 Å². The largest absolute Gasteiger partial charge is 0.378 e. The Bertz CT molecular complexity index is 731. The van der Waals surface area contributed by atoms with Crippen LogP contribution in [0.2, 0.25) is 0 Å². The Labute approximate surface area is 155 Å². The number of nitrogens with zero attached hydrogens (tertiary/aromatic N) is 1. The molecule has 0 spiro atoms. The molecule has 0 aliphatic carbocycles. The maximum atomic E-state index is 13.2. The van der Waals surface area contributed by atoms with E-state index in [-0.39, 0.29) is 11.7 Å². The molecule has 132 valence electrons. The fourth-order valence-electron chi connectivity index (χ4n) is 2.76. The zero-order valence-corrected chi connectivity index (χ0v) is 15.4. The molecular formula is C19H20BrFN2O2. The third-order valence-corrected chi connectivity index (χ3v) is 4.80. The SMILES string of the molecule is O=C(NCCc1ccc(F)c(Br)c1)c1ccc(N2CCOCC2)cc1. The lowest BCUT2D eigenvalue weighted by molar-refractivity contribution is 0.0954. The highest BCUT2D eigenvalue weighted by atomic mass is 79.9. The van der Waals surface area contributed by atoms with Gasteiger partial charge in [0.05, 0.1) is 17.7 Å². The maximum Gasteiger partial charge on any atom is 0.251 e. The van der Waals surface area contributed by atoms with Crippen LogP contribution in [0.4, 0.5) is 10.1 Å². The molecule has 4 nitrogen and oxygen atoms in total. The summed E-state index contributed by atoms with van der Waals surface area (Å²) in [6.07, 6.45) is 0.649. The van der Waals surface area contributed by atoms with Gasteiger partial charge >= 0.3 is 0 Å². The number of anilines is 1. The van der Waals surface area contributed by atoms with Crippen LogP contribution in [0.1, 0.15) is 15.9 Å². The van der Waals surface area contributed by atoms with Crippen LogP contribution < -0.4 is 10.2 Å². The van der Waals surface area contributed by atoms with Crippen LogP contribution in [0.15, 0.2) is 46.9 Å². The van der Waals surface area contributed by atoms with Crippen molar-refractivity contribution in [3.8, 4) is 0 Å². The van der Waals surface area contributed by atoms with Crippen LogP contribution in [-0.2, 0) is 11.2 Å². The lowest BCUT2D eigenvalue weighted by atomic mass is 10.1. The van der Waals surface area contributed by atoms with Crippen molar-refractivity contribution in [1.82, 2.24) is 5.32 Å². The van der Waals surface area contributed by atoms with Gasteiger partial charge in [0.1, 0.15) is 5.82 Å². The number of hydrogen-bond donors (Lipinski definition) is 1. The monoisotopic (exact) mass is 406 g/mol.